The summed E-state index contributed by atoms with van der Waals surface area (Å²) in [6.07, 6.45) is 1.74. The van der Waals surface area contributed by atoms with Crippen LogP contribution in [0.3, 0.4) is 0 Å². The Kier molecular flexibility index (Phi) is 2.45. The fourth-order valence-corrected chi connectivity index (χ4v) is 0.980. The lowest BCUT2D eigenvalue weighted by molar-refractivity contribution is -0.122. The van der Waals surface area contributed by atoms with Crippen LogP contribution in [0.1, 0.15) is 12.8 Å². The van der Waals surface area contributed by atoms with E-state index in [1.54, 1.807) is 7.11 Å². The molecule has 1 aliphatic rings. The Labute approximate surface area is 54.6 Å². The minimum atomic E-state index is -0.0813. The molecule has 0 aromatic carbocycles. The van der Waals surface area contributed by atoms with Gasteiger partial charge in [-0.15, -0.1) is 0 Å². The summed E-state index contributed by atoms with van der Waals surface area (Å²) in [7, 11) is 1.62. The zero-order chi connectivity index (χ0) is 6.69. The van der Waals surface area contributed by atoms with E-state index in [4.69, 9.17) is 14.6 Å². The number of rotatable bonds is 2. The van der Waals surface area contributed by atoms with E-state index in [0.717, 1.165) is 12.8 Å². The summed E-state index contributed by atoms with van der Waals surface area (Å²) in [5.74, 6) is 0. The van der Waals surface area contributed by atoms with Gasteiger partial charge < -0.3 is 14.6 Å². The molecule has 1 rings (SSSR count). The normalized spacial score (nSPS) is 35.3. The molecule has 54 valence electrons. The van der Waals surface area contributed by atoms with Crippen molar-refractivity contribution in [3.05, 3.63) is 0 Å². The fraction of sp³-hybridized carbons (Fsp3) is 1.00. The molecular weight excluding hydrogens is 120 g/mol. The van der Waals surface area contributed by atoms with Crippen LogP contribution in [-0.4, -0.2) is 31.2 Å². The number of aliphatic hydroxyl groups excluding tert-OH is 1. The van der Waals surface area contributed by atoms with E-state index < -0.39 is 0 Å². The summed E-state index contributed by atoms with van der Waals surface area (Å²) >= 11 is 0. The van der Waals surface area contributed by atoms with Crippen molar-refractivity contribution >= 4 is 0 Å². The summed E-state index contributed by atoms with van der Waals surface area (Å²) in [5, 5.41) is 8.60. The summed E-state index contributed by atoms with van der Waals surface area (Å²) < 4.78 is 10.1. The molecule has 1 fully saturated rings. The maximum atomic E-state index is 8.60. The first-order valence-corrected chi connectivity index (χ1v) is 3.16. The Bertz CT molecular complexity index is 74.4. The van der Waals surface area contributed by atoms with Crippen molar-refractivity contribution in [1.29, 1.82) is 0 Å². The van der Waals surface area contributed by atoms with Gasteiger partial charge in [0.05, 0.1) is 12.7 Å². The predicted octanol–water partition coefficient (Wildman–Crippen LogP) is 0.130. The van der Waals surface area contributed by atoms with Gasteiger partial charge in [0.2, 0.25) is 0 Å². The SMILES string of the molecule is CO[C@@H]1CC[C@H](CO)O1. The highest BCUT2D eigenvalue weighted by atomic mass is 16.7. The minimum absolute atomic E-state index is 0.00921. The Morgan fingerprint density at radius 2 is 2.44 bits per heavy atom. The first kappa shape index (κ1) is 6.99. The van der Waals surface area contributed by atoms with Crippen LogP contribution in [0.5, 0.6) is 0 Å². The third kappa shape index (κ3) is 1.64. The van der Waals surface area contributed by atoms with Gasteiger partial charge >= 0.3 is 0 Å². The summed E-state index contributed by atoms with van der Waals surface area (Å²) in [6, 6.07) is 0. The molecular formula is C6H12O3. The second-order valence-electron chi connectivity index (χ2n) is 2.18. The van der Waals surface area contributed by atoms with Gasteiger partial charge in [0.25, 0.3) is 0 Å². The lowest BCUT2D eigenvalue weighted by Gasteiger charge is -2.08. The first-order chi connectivity index (χ1) is 4.36. The molecule has 0 amide bonds. The molecule has 2 atom stereocenters. The van der Waals surface area contributed by atoms with E-state index in [0.29, 0.717) is 0 Å². The van der Waals surface area contributed by atoms with Gasteiger partial charge in [-0.2, -0.15) is 0 Å². The second-order valence-corrected chi connectivity index (χ2v) is 2.18. The molecule has 0 unspecified atom stereocenters. The van der Waals surface area contributed by atoms with E-state index in [1.165, 1.54) is 0 Å². The van der Waals surface area contributed by atoms with Crippen molar-refractivity contribution in [2.75, 3.05) is 13.7 Å². The van der Waals surface area contributed by atoms with Gasteiger partial charge in [0, 0.05) is 13.5 Å². The van der Waals surface area contributed by atoms with Crippen LogP contribution in [0.2, 0.25) is 0 Å². The molecule has 1 heterocycles. The van der Waals surface area contributed by atoms with Gasteiger partial charge in [-0.1, -0.05) is 0 Å². The molecule has 1 saturated heterocycles. The Hall–Kier alpha value is -0.120. The monoisotopic (exact) mass is 132 g/mol. The van der Waals surface area contributed by atoms with Crippen LogP contribution >= 0.6 is 0 Å². The van der Waals surface area contributed by atoms with Gasteiger partial charge in [0.1, 0.15) is 0 Å². The Morgan fingerprint density at radius 3 is 2.78 bits per heavy atom. The number of ether oxygens (including phenoxy) is 2. The number of aliphatic hydroxyl groups is 1. The summed E-state index contributed by atoms with van der Waals surface area (Å²) in [4.78, 5) is 0. The first-order valence-electron chi connectivity index (χ1n) is 3.16. The highest BCUT2D eigenvalue weighted by Gasteiger charge is 2.23. The molecule has 3 nitrogen and oxygen atoms in total. The zero-order valence-electron chi connectivity index (χ0n) is 5.54. The average molecular weight is 132 g/mol. The predicted molar refractivity (Wildman–Crippen MR) is 32.0 cm³/mol. The van der Waals surface area contributed by atoms with Crippen molar-refractivity contribution in [1.82, 2.24) is 0 Å². The van der Waals surface area contributed by atoms with Crippen LogP contribution < -0.4 is 0 Å². The van der Waals surface area contributed by atoms with Crippen molar-refractivity contribution < 1.29 is 14.6 Å². The molecule has 3 heteroatoms. The lowest BCUT2D eigenvalue weighted by atomic mass is 10.2. The standard InChI is InChI=1S/C6H12O3/c1-8-6-3-2-5(4-7)9-6/h5-7H,2-4H2,1H3/t5-,6+/m1/s1. The molecule has 0 saturated carbocycles. The van der Waals surface area contributed by atoms with E-state index in [9.17, 15) is 0 Å². The van der Waals surface area contributed by atoms with Crippen LogP contribution in [0, 0.1) is 0 Å². The third-order valence-corrected chi connectivity index (χ3v) is 1.54. The Morgan fingerprint density at radius 1 is 1.67 bits per heavy atom. The third-order valence-electron chi connectivity index (χ3n) is 1.54. The maximum Gasteiger partial charge on any atom is 0.157 e. The summed E-state index contributed by atoms with van der Waals surface area (Å²) in [5.41, 5.74) is 0. The van der Waals surface area contributed by atoms with Crippen molar-refractivity contribution in [3.63, 3.8) is 0 Å². The molecule has 1 aliphatic heterocycles. The topological polar surface area (TPSA) is 38.7 Å². The van der Waals surface area contributed by atoms with E-state index in [2.05, 4.69) is 0 Å². The fourth-order valence-electron chi connectivity index (χ4n) is 0.980. The molecule has 9 heavy (non-hydrogen) atoms. The van der Waals surface area contributed by atoms with Crippen molar-refractivity contribution in [2.45, 2.75) is 25.2 Å². The van der Waals surface area contributed by atoms with E-state index >= 15 is 0 Å². The average Bonchev–Trinajstić information content (AvgIpc) is 2.34. The molecule has 0 radical (unpaired) electrons. The van der Waals surface area contributed by atoms with E-state index in [1.807, 2.05) is 0 Å². The smallest absolute Gasteiger partial charge is 0.157 e. The molecule has 0 aliphatic carbocycles. The maximum absolute atomic E-state index is 8.60. The Balaban J connectivity index is 2.20. The second kappa shape index (κ2) is 3.15. The molecule has 1 N–H and O–H groups in total. The number of hydrogen-bond acceptors (Lipinski definition) is 3. The van der Waals surface area contributed by atoms with E-state index in [-0.39, 0.29) is 19.0 Å². The zero-order valence-corrected chi connectivity index (χ0v) is 5.54. The molecule has 0 aromatic heterocycles. The molecule has 0 bridgehead atoms. The largest absolute Gasteiger partial charge is 0.394 e. The van der Waals surface area contributed by atoms with Crippen LogP contribution in [-0.2, 0) is 9.47 Å². The van der Waals surface area contributed by atoms with Crippen molar-refractivity contribution in [3.8, 4) is 0 Å². The highest BCUT2D eigenvalue weighted by molar-refractivity contribution is 4.65. The molecule has 0 aromatic rings. The van der Waals surface area contributed by atoms with Crippen molar-refractivity contribution in [2.24, 2.45) is 0 Å². The number of methoxy groups -OCH3 is 1. The lowest BCUT2D eigenvalue weighted by Crippen LogP contribution is -2.15. The van der Waals surface area contributed by atoms with Gasteiger partial charge in [-0.3, -0.25) is 0 Å². The molecule has 0 spiro atoms. The quantitative estimate of drug-likeness (QED) is 0.580. The summed E-state index contributed by atoms with van der Waals surface area (Å²) in [6.45, 7) is 0.111. The van der Waals surface area contributed by atoms with Gasteiger partial charge in [0.15, 0.2) is 6.29 Å². The minimum Gasteiger partial charge on any atom is -0.394 e. The van der Waals surface area contributed by atoms with Crippen LogP contribution in [0.15, 0.2) is 0 Å². The van der Waals surface area contributed by atoms with Crippen LogP contribution in [0.4, 0.5) is 0 Å². The van der Waals surface area contributed by atoms with Gasteiger partial charge in [-0.25, -0.2) is 0 Å². The number of hydrogen-bond donors (Lipinski definition) is 1. The van der Waals surface area contributed by atoms with Crippen LogP contribution in [0.25, 0.3) is 0 Å². The van der Waals surface area contributed by atoms with Gasteiger partial charge in [-0.05, 0) is 6.42 Å². The highest BCUT2D eigenvalue weighted by Crippen LogP contribution is 2.18.